The predicted octanol–water partition coefficient (Wildman–Crippen LogP) is 14.2. The van der Waals surface area contributed by atoms with Gasteiger partial charge in [-0.3, -0.25) is 0 Å². The van der Waals surface area contributed by atoms with Crippen LogP contribution in [0.3, 0.4) is 0 Å². The average molecular weight is 735 g/mol. The van der Waals surface area contributed by atoms with Gasteiger partial charge in [0.05, 0.1) is 55.2 Å². The molecule has 4 nitrogen and oxygen atoms in total. The molecule has 0 radical (unpaired) electrons. The first kappa shape index (κ1) is 29.5. The molecule has 0 bridgehead atoms. The lowest BCUT2D eigenvalue weighted by atomic mass is 10.0. The number of benzene rings is 9. The first-order valence-electron chi connectivity index (χ1n) is 20.1. The van der Waals surface area contributed by atoms with Crippen LogP contribution in [0.4, 0.5) is 0 Å². The molecule has 6 aromatic heterocycles. The average Bonchev–Trinajstić information content (AvgIpc) is 4.11. The van der Waals surface area contributed by atoms with Gasteiger partial charge in [-0.25, -0.2) is 0 Å². The molecular weight excluding hydrogens is 705 g/mol. The molecule has 0 atom stereocenters. The van der Waals surface area contributed by atoms with Crippen molar-refractivity contribution in [1.29, 1.82) is 0 Å². The van der Waals surface area contributed by atoms with Gasteiger partial charge >= 0.3 is 0 Å². The molecule has 0 spiro atoms. The Balaban J connectivity index is 1.15. The van der Waals surface area contributed by atoms with Gasteiger partial charge in [0.1, 0.15) is 0 Å². The van der Waals surface area contributed by atoms with E-state index in [2.05, 4.69) is 200 Å². The van der Waals surface area contributed by atoms with Gasteiger partial charge in [0, 0.05) is 76.0 Å². The highest BCUT2D eigenvalue weighted by Crippen LogP contribution is 2.49. The minimum absolute atomic E-state index is 1.18. The summed E-state index contributed by atoms with van der Waals surface area (Å²) in [5, 5.41) is 15.5. The molecule has 0 fully saturated rings. The second-order valence-electron chi connectivity index (χ2n) is 16.1. The van der Waals surface area contributed by atoms with Gasteiger partial charge in [-0.1, -0.05) is 109 Å². The summed E-state index contributed by atoms with van der Waals surface area (Å²) in [5.41, 5.74) is 14.8. The Kier molecular flexibility index (Phi) is 5.14. The topological polar surface area (TPSA) is 18.7 Å². The van der Waals surface area contributed by atoms with Gasteiger partial charge in [-0.05, 0) is 72.8 Å². The summed E-state index contributed by atoms with van der Waals surface area (Å²) in [5.74, 6) is 0. The summed E-state index contributed by atoms with van der Waals surface area (Å²) in [7, 11) is 0. The second-order valence-corrected chi connectivity index (χ2v) is 16.1. The molecule has 0 aliphatic heterocycles. The molecule has 0 N–H and O–H groups in total. The predicted molar refractivity (Wildman–Crippen MR) is 244 cm³/mol. The molecule has 15 rings (SSSR count). The quantitative estimate of drug-likeness (QED) is 0.168. The molecule has 0 saturated heterocycles. The summed E-state index contributed by atoms with van der Waals surface area (Å²) in [6, 6.07) is 67.7. The number of rotatable bonds is 2. The van der Waals surface area contributed by atoms with Crippen LogP contribution in [0.1, 0.15) is 0 Å². The van der Waals surface area contributed by atoms with Crippen LogP contribution in [0.5, 0.6) is 0 Å². The van der Waals surface area contributed by atoms with E-state index in [1.807, 2.05) is 0 Å². The van der Waals surface area contributed by atoms with Gasteiger partial charge in [-0.2, -0.15) is 0 Å². The van der Waals surface area contributed by atoms with Gasteiger partial charge < -0.3 is 17.9 Å². The zero-order valence-electron chi connectivity index (χ0n) is 31.1. The Morgan fingerprint density at radius 3 is 1.41 bits per heavy atom. The Hall–Kier alpha value is -7.82. The highest BCUT2D eigenvalue weighted by Gasteiger charge is 2.27. The third-order valence-corrected chi connectivity index (χ3v) is 13.4. The molecule has 4 heteroatoms. The van der Waals surface area contributed by atoms with E-state index >= 15 is 0 Å². The van der Waals surface area contributed by atoms with Crippen molar-refractivity contribution < 1.29 is 0 Å². The Labute approximate surface area is 329 Å². The molecule has 9 aromatic carbocycles. The molecule has 58 heavy (non-hydrogen) atoms. The van der Waals surface area contributed by atoms with E-state index in [1.54, 1.807) is 0 Å². The van der Waals surface area contributed by atoms with E-state index in [1.165, 1.54) is 131 Å². The fourth-order valence-electron chi connectivity index (χ4n) is 11.2. The fourth-order valence-corrected chi connectivity index (χ4v) is 11.2. The van der Waals surface area contributed by atoms with E-state index in [0.717, 1.165) is 0 Å². The number of para-hydroxylation sites is 6. The van der Waals surface area contributed by atoms with Crippen LogP contribution < -0.4 is 0 Å². The zero-order valence-corrected chi connectivity index (χ0v) is 31.1. The molecule has 0 saturated carbocycles. The maximum atomic E-state index is 2.56. The number of fused-ring (bicyclic) bond motifs is 19. The lowest BCUT2D eigenvalue weighted by Gasteiger charge is -2.08. The molecule has 266 valence electrons. The summed E-state index contributed by atoms with van der Waals surface area (Å²) in [4.78, 5) is 0. The van der Waals surface area contributed by atoms with E-state index in [0.29, 0.717) is 0 Å². The molecule has 6 heterocycles. The van der Waals surface area contributed by atoms with Crippen LogP contribution in [0.25, 0.3) is 131 Å². The van der Waals surface area contributed by atoms with Crippen LogP contribution >= 0.6 is 0 Å². The maximum Gasteiger partial charge on any atom is 0.0628 e. The monoisotopic (exact) mass is 734 g/mol. The standard InChI is InChI=1S/C54H30N4/c1-3-14-31(15-4-1)55-43-23-10-7-18-33(43)39-27-47-40(28-46(39)55)36-22-13-21-35-38-26-42-49(30-48(38)58(47)53(35)36)57-44-24-11-8-19-34(44)41-29-50-51(52(42)54(41)57)37-20-9-12-25-45(37)56(50)32-16-5-2-6-17-32/h1-30H. The number of hydrogen-bond donors (Lipinski definition) is 0. The third-order valence-electron chi connectivity index (χ3n) is 13.4. The summed E-state index contributed by atoms with van der Waals surface area (Å²) >= 11 is 0. The second kappa shape index (κ2) is 10.1. The van der Waals surface area contributed by atoms with Crippen LogP contribution in [-0.2, 0) is 0 Å². The minimum atomic E-state index is 1.18. The van der Waals surface area contributed by atoms with Crippen LogP contribution in [0.15, 0.2) is 182 Å². The normalized spacial score (nSPS) is 12.8. The highest BCUT2D eigenvalue weighted by atomic mass is 15.0. The number of hydrogen-bond acceptors (Lipinski definition) is 0. The van der Waals surface area contributed by atoms with E-state index in [-0.39, 0.29) is 0 Å². The fraction of sp³-hybridized carbons (Fsp3) is 0. The van der Waals surface area contributed by atoms with Gasteiger partial charge in [0.2, 0.25) is 0 Å². The molecule has 0 unspecified atom stereocenters. The maximum absolute atomic E-state index is 2.56. The lowest BCUT2D eigenvalue weighted by Crippen LogP contribution is -1.92. The van der Waals surface area contributed by atoms with Crippen molar-refractivity contribution in [3.05, 3.63) is 182 Å². The van der Waals surface area contributed by atoms with Crippen molar-refractivity contribution in [1.82, 2.24) is 17.9 Å². The SMILES string of the molecule is c1ccc(-n2c3ccccc3c3cc4c(cc32)c2cccc3c5cc6c7c8c9ccccc9n(-c9ccccc9)c8cc8c9ccccc9n(c6cc5n4c23)c87)cc1. The van der Waals surface area contributed by atoms with Crippen LogP contribution in [0, 0.1) is 0 Å². The summed E-state index contributed by atoms with van der Waals surface area (Å²) in [6.45, 7) is 0. The van der Waals surface area contributed by atoms with E-state index in [4.69, 9.17) is 0 Å². The largest absolute Gasteiger partial charge is 0.309 e. The Morgan fingerprint density at radius 1 is 0.224 bits per heavy atom. The lowest BCUT2D eigenvalue weighted by molar-refractivity contribution is 1.18. The van der Waals surface area contributed by atoms with Crippen molar-refractivity contribution in [3.8, 4) is 11.4 Å². The zero-order chi connectivity index (χ0) is 37.4. The minimum Gasteiger partial charge on any atom is -0.309 e. The van der Waals surface area contributed by atoms with E-state index < -0.39 is 0 Å². The van der Waals surface area contributed by atoms with Crippen molar-refractivity contribution in [2.24, 2.45) is 0 Å². The summed E-state index contributed by atoms with van der Waals surface area (Å²) in [6.07, 6.45) is 0. The molecule has 0 aliphatic carbocycles. The van der Waals surface area contributed by atoms with Crippen molar-refractivity contribution in [3.63, 3.8) is 0 Å². The first-order valence-corrected chi connectivity index (χ1v) is 20.1. The smallest absolute Gasteiger partial charge is 0.0628 e. The van der Waals surface area contributed by atoms with Gasteiger partial charge in [-0.15, -0.1) is 0 Å². The van der Waals surface area contributed by atoms with Crippen molar-refractivity contribution in [2.45, 2.75) is 0 Å². The van der Waals surface area contributed by atoms with Gasteiger partial charge in [0.25, 0.3) is 0 Å². The Morgan fingerprint density at radius 2 is 0.690 bits per heavy atom. The third kappa shape index (κ3) is 3.34. The van der Waals surface area contributed by atoms with Crippen molar-refractivity contribution in [2.75, 3.05) is 0 Å². The first-order chi connectivity index (χ1) is 28.8. The molecule has 0 aliphatic rings. The van der Waals surface area contributed by atoms with Crippen LogP contribution in [-0.4, -0.2) is 17.9 Å². The molecular formula is C54H30N4. The van der Waals surface area contributed by atoms with E-state index in [9.17, 15) is 0 Å². The molecule has 0 amide bonds. The van der Waals surface area contributed by atoms with Crippen molar-refractivity contribution >= 4 is 120 Å². The van der Waals surface area contributed by atoms with Gasteiger partial charge in [0.15, 0.2) is 0 Å². The summed E-state index contributed by atoms with van der Waals surface area (Å²) < 4.78 is 10.0. The Bertz CT molecular complexity index is 4230. The number of nitrogens with zero attached hydrogens (tertiary/aromatic N) is 4. The molecule has 15 aromatic rings. The van der Waals surface area contributed by atoms with Crippen LogP contribution in [0.2, 0.25) is 0 Å². The number of aromatic nitrogens is 4. The highest BCUT2D eigenvalue weighted by molar-refractivity contribution is 6.37.